The predicted octanol–water partition coefficient (Wildman–Crippen LogP) is 2.29. The normalized spacial score (nSPS) is 10.4. The molecule has 0 saturated heterocycles. The van der Waals surface area contributed by atoms with Gasteiger partial charge in [-0.15, -0.1) is 0 Å². The first kappa shape index (κ1) is 18.3. The third kappa shape index (κ3) is 6.96. The molecule has 0 aliphatic heterocycles. The summed E-state index contributed by atoms with van der Waals surface area (Å²) in [5.41, 5.74) is 4.36. The summed E-state index contributed by atoms with van der Waals surface area (Å²) in [6.45, 7) is 0.0697. The van der Waals surface area contributed by atoms with Crippen LogP contribution in [0.2, 0.25) is 0 Å². The molecule has 0 bridgehead atoms. The highest BCUT2D eigenvalue weighted by Gasteiger charge is 1.99. The fourth-order valence-electron chi connectivity index (χ4n) is 1.78. The number of ether oxygens (including phenoxy) is 1. The Kier molecular flexibility index (Phi) is 6.85. The van der Waals surface area contributed by atoms with Gasteiger partial charge in [0.25, 0.3) is 0 Å². The summed E-state index contributed by atoms with van der Waals surface area (Å²) in [5.74, 6) is -0.853. The van der Waals surface area contributed by atoms with E-state index in [4.69, 9.17) is 22.1 Å². The van der Waals surface area contributed by atoms with Crippen molar-refractivity contribution < 1.29 is 19.0 Å². The summed E-state index contributed by atoms with van der Waals surface area (Å²) in [6, 6.07) is 12.9. The van der Waals surface area contributed by atoms with E-state index in [1.165, 1.54) is 12.1 Å². The van der Waals surface area contributed by atoms with Gasteiger partial charge in [0, 0.05) is 6.54 Å². The zero-order valence-corrected chi connectivity index (χ0v) is 13.9. The second-order valence-corrected chi connectivity index (χ2v) is 5.34. The van der Waals surface area contributed by atoms with Crippen molar-refractivity contribution in [1.82, 2.24) is 10.7 Å². The summed E-state index contributed by atoms with van der Waals surface area (Å²) in [5, 5.41) is 15.8. The molecule has 0 saturated carbocycles. The van der Waals surface area contributed by atoms with Gasteiger partial charge in [0.05, 0.1) is 6.21 Å². The molecule has 0 heterocycles. The standard InChI is InChI=1S/C17H16FN3O3S/c18-14-5-1-12(2-6-14)9-19-17(25)21-20-10-13-3-7-15(8-4-13)24-11-16(22)23/h1-8,10H,9,11H2,(H,22,23)(H2,19,21,25)/b20-10-. The van der Waals surface area contributed by atoms with Crippen LogP contribution in [0.3, 0.4) is 0 Å². The lowest BCUT2D eigenvalue weighted by molar-refractivity contribution is -0.139. The summed E-state index contributed by atoms with van der Waals surface area (Å²) < 4.78 is 17.8. The number of halogens is 1. The molecule has 3 N–H and O–H groups in total. The molecule has 0 fully saturated rings. The van der Waals surface area contributed by atoms with Crippen molar-refractivity contribution in [3.63, 3.8) is 0 Å². The Morgan fingerprint density at radius 1 is 1.20 bits per heavy atom. The third-order valence-corrected chi connectivity index (χ3v) is 3.22. The molecule has 0 aliphatic carbocycles. The number of thiocarbonyl (C=S) groups is 1. The van der Waals surface area contributed by atoms with Gasteiger partial charge in [-0.05, 0) is 59.7 Å². The SMILES string of the molecule is O=C(O)COc1ccc(/C=N\NC(=S)NCc2ccc(F)cc2)cc1. The second kappa shape index (κ2) is 9.33. The quantitative estimate of drug-likeness (QED) is 0.399. The van der Waals surface area contributed by atoms with Crippen molar-refractivity contribution in [3.8, 4) is 5.75 Å². The first-order chi connectivity index (χ1) is 12.0. The van der Waals surface area contributed by atoms with E-state index in [9.17, 15) is 9.18 Å². The van der Waals surface area contributed by atoms with Gasteiger partial charge in [-0.2, -0.15) is 5.10 Å². The topological polar surface area (TPSA) is 83.0 Å². The highest BCUT2D eigenvalue weighted by atomic mass is 32.1. The maximum Gasteiger partial charge on any atom is 0.341 e. The van der Waals surface area contributed by atoms with Crippen LogP contribution < -0.4 is 15.5 Å². The molecule has 130 valence electrons. The van der Waals surface area contributed by atoms with E-state index in [1.807, 2.05) is 0 Å². The van der Waals surface area contributed by atoms with Crippen molar-refractivity contribution in [2.75, 3.05) is 6.61 Å². The minimum absolute atomic E-state index is 0.284. The van der Waals surface area contributed by atoms with E-state index < -0.39 is 5.97 Å². The van der Waals surface area contributed by atoms with Crippen molar-refractivity contribution in [3.05, 3.63) is 65.5 Å². The molecule has 2 aromatic carbocycles. The second-order valence-electron chi connectivity index (χ2n) is 4.93. The molecule has 6 nitrogen and oxygen atoms in total. The van der Waals surface area contributed by atoms with Crippen LogP contribution in [0.1, 0.15) is 11.1 Å². The lowest BCUT2D eigenvalue weighted by atomic mass is 10.2. The number of carbonyl (C=O) groups is 1. The summed E-state index contributed by atoms with van der Waals surface area (Å²) in [4.78, 5) is 10.4. The predicted molar refractivity (Wildman–Crippen MR) is 96.1 cm³/mol. The Bertz CT molecular complexity index is 749. The molecule has 0 aromatic heterocycles. The van der Waals surface area contributed by atoms with Gasteiger partial charge in [0.2, 0.25) is 0 Å². The van der Waals surface area contributed by atoms with Crippen LogP contribution in [0.4, 0.5) is 4.39 Å². The minimum Gasteiger partial charge on any atom is -0.482 e. The van der Waals surface area contributed by atoms with E-state index in [0.29, 0.717) is 17.4 Å². The van der Waals surface area contributed by atoms with Crippen LogP contribution in [0, 0.1) is 5.82 Å². The molecule has 8 heteroatoms. The lowest BCUT2D eigenvalue weighted by Crippen LogP contribution is -2.31. The highest BCUT2D eigenvalue weighted by Crippen LogP contribution is 2.10. The van der Waals surface area contributed by atoms with Gasteiger partial charge in [-0.1, -0.05) is 12.1 Å². The van der Waals surface area contributed by atoms with Gasteiger partial charge < -0.3 is 15.2 Å². The van der Waals surface area contributed by atoms with Crippen LogP contribution >= 0.6 is 12.2 Å². The molecular formula is C17H16FN3O3S. The Hall–Kier alpha value is -3.00. The minimum atomic E-state index is -1.03. The maximum atomic E-state index is 12.8. The Labute approximate surface area is 149 Å². The van der Waals surface area contributed by atoms with Gasteiger partial charge >= 0.3 is 5.97 Å². The molecule has 0 aliphatic rings. The van der Waals surface area contributed by atoms with Crippen molar-refractivity contribution in [2.45, 2.75) is 6.54 Å². The number of hydrazone groups is 1. The largest absolute Gasteiger partial charge is 0.482 e. The van der Waals surface area contributed by atoms with E-state index in [2.05, 4.69) is 15.8 Å². The molecule has 0 unspecified atom stereocenters. The van der Waals surface area contributed by atoms with E-state index in [1.54, 1.807) is 42.6 Å². The Morgan fingerprint density at radius 2 is 1.88 bits per heavy atom. The molecule has 0 atom stereocenters. The number of hydrogen-bond donors (Lipinski definition) is 3. The van der Waals surface area contributed by atoms with Gasteiger partial charge in [-0.25, -0.2) is 9.18 Å². The smallest absolute Gasteiger partial charge is 0.341 e. The number of aliphatic carboxylic acids is 1. The molecular weight excluding hydrogens is 345 g/mol. The van der Waals surface area contributed by atoms with Gasteiger partial charge in [-0.3, -0.25) is 5.43 Å². The first-order valence-corrected chi connectivity index (χ1v) is 7.70. The number of carboxylic acid groups (broad SMARTS) is 1. The van der Waals surface area contributed by atoms with E-state index in [-0.39, 0.29) is 12.4 Å². The Balaban J connectivity index is 1.74. The van der Waals surface area contributed by atoms with Crippen molar-refractivity contribution >= 4 is 29.5 Å². The van der Waals surface area contributed by atoms with Crippen LogP contribution in [-0.4, -0.2) is 29.0 Å². The number of rotatable bonds is 7. The van der Waals surface area contributed by atoms with Crippen molar-refractivity contribution in [2.24, 2.45) is 5.10 Å². The van der Waals surface area contributed by atoms with Crippen LogP contribution in [0.15, 0.2) is 53.6 Å². The molecule has 0 amide bonds. The van der Waals surface area contributed by atoms with Gasteiger partial charge in [0.1, 0.15) is 11.6 Å². The number of nitrogens with one attached hydrogen (secondary N) is 2. The van der Waals surface area contributed by atoms with Crippen LogP contribution in [0.5, 0.6) is 5.75 Å². The summed E-state index contributed by atoms with van der Waals surface area (Å²) >= 11 is 5.09. The lowest BCUT2D eigenvalue weighted by Gasteiger charge is -2.07. The average Bonchev–Trinajstić information content (AvgIpc) is 2.60. The highest BCUT2D eigenvalue weighted by molar-refractivity contribution is 7.80. The molecule has 0 spiro atoms. The number of nitrogens with zero attached hydrogens (tertiary/aromatic N) is 1. The number of benzene rings is 2. The van der Waals surface area contributed by atoms with Crippen LogP contribution in [0.25, 0.3) is 0 Å². The molecule has 2 aromatic rings. The molecule has 0 radical (unpaired) electrons. The molecule has 2 rings (SSSR count). The molecule has 25 heavy (non-hydrogen) atoms. The van der Waals surface area contributed by atoms with E-state index in [0.717, 1.165) is 11.1 Å². The summed E-state index contributed by atoms with van der Waals surface area (Å²) in [6.07, 6.45) is 1.56. The van der Waals surface area contributed by atoms with Gasteiger partial charge in [0.15, 0.2) is 11.7 Å². The fourth-order valence-corrected chi connectivity index (χ4v) is 1.91. The monoisotopic (exact) mass is 361 g/mol. The third-order valence-electron chi connectivity index (χ3n) is 2.99. The zero-order chi connectivity index (χ0) is 18.1. The number of hydrogen-bond acceptors (Lipinski definition) is 4. The van der Waals surface area contributed by atoms with Crippen LogP contribution in [-0.2, 0) is 11.3 Å². The summed E-state index contributed by atoms with van der Waals surface area (Å²) in [7, 11) is 0. The van der Waals surface area contributed by atoms with Crippen molar-refractivity contribution in [1.29, 1.82) is 0 Å². The maximum absolute atomic E-state index is 12.8. The Morgan fingerprint density at radius 3 is 2.52 bits per heavy atom. The van der Waals surface area contributed by atoms with E-state index >= 15 is 0 Å². The zero-order valence-electron chi connectivity index (χ0n) is 13.1. The first-order valence-electron chi connectivity index (χ1n) is 7.29. The fraction of sp³-hybridized carbons (Fsp3) is 0.118. The number of carboxylic acids is 1. The average molecular weight is 361 g/mol.